The predicted octanol–water partition coefficient (Wildman–Crippen LogP) is 15.4. The Balaban J connectivity index is 1.10. The third kappa shape index (κ3) is 5.36. The first-order valence-electron chi connectivity index (χ1n) is 21.1. The number of rotatable bonds is 7. The highest BCUT2D eigenvalue weighted by atomic mass is 15.1. The number of anilines is 3. The monoisotopic (exact) mass is 776 g/mol. The normalized spacial score (nSPS) is 12.7. The number of fused-ring (bicyclic) bond motifs is 8. The van der Waals surface area contributed by atoms with Gasteiger partial charge in [0, 0.05) is 38.9 Å². The third-order valence-corrected chi connectivity index (χ3v) is 12.8. The van der Waals surface area contributed by atoms with Gasteiger partial charge in [-0.2, -0.15) is 0 Å². The first kappa shape index (κ1) is 35.0. The summed E-state index contributed by atoms with van der Waals surface area (Å²) in [6.45, 7) is 0. The zero-order valence-corrected chi connectivity index (χ0v) is 33.5. The smallest absolute Gasteiger partial charge is 0.0713 e. The first-order chi connectivity index (χ1) is 30.3. The SMILES string of the molecule is c1ccc(-c2cc3ccccc3c3c2c2ccc(N(c4ccccc4)c4ccc(C5(c6ccccc6)c6ccccc6-c6ccccc65)cc4)cc2n3-c2ccccc2)cc1. The maximum Gasteiger partial charge on any atom is 0.0713 e. The highest BCUT2D eigenvalue weighted by Gasteiger charge is 2.45. The van der Waals surface area contributed by atoms with Crippen molar-refractivity contribution in [2.45, 2.75) is 5.41 Å². The largest absolute Gasteiger partial charge is 0.310 e. The highest BCUT2D eigenvalue weighted by Crippen LogP contribution is 2.56. The van der Waals surface area contributed by atoms with Gasteiger partial charge >= 0.3 is 0 Å². The summed E-state index contributed by atoms with van der Waals surface area (Å²) in [5, 5.41) is 4.94. The van der Waals surface area contributed by atoms with E-state index in [2.05, 4.69) is 252 Å². The molecule has 10 aromatic carbocycles. The summed E-state index contributed by atoms with van der Waals surface area (Å²) in [6, 6.07) is 88.9. The van der Waals surface area contributed by atoms with Gasteiger partial charge < -0.3 is 9.47 Å². The van der Waals surface area contributed by atoms with Gasteiger partial charge in [0.1, 0.15) is 0 Å². The van der Waals surface area contributed by atoms with Crippen LogP contribution in [0.4, 0.5) is 17.1 Å². The van der Waals surface area contributed by atoms with E-state index in [0.717, 1.165) is 28.3 Å². The second-order valence-corrected chi connectivity index (χ2v) is 16.0. The van der Waals surface area contributed by atoms with Crippen LogP contribution in [0.2, 0.25) is 0 Å². The molecule has 0 saturated heterocycles. The predicted molar refractivity (Wildman–Crippen MR) is 256 cm³/mol. The van der Waals surface area contributed by atoms with E-state index < -0.39 is 5.41 Å². The number of benzene rings is 10. The van der Waals surface area contributed by atoms with E-state index in [9.17, 15) is 0 Å². The van der Waals surface area contributed by atoms with Gasteiger partial charge in [0.15, 0.2) is 0 Å². The maximum absolute atomic E-state index is 2.48. The van der Waals surface area contributed by atoms with E-state index in [0.29, 0.717) is 0 Å². The molecule has 0 amide bonds. The van der Waals surface area contributed by atoms with Gasteiger partial charge in [-0.1, -0.05) is 188 Å². The Morgan fingerprint density at radius 3 is 1.57 bits per heavy atom. The molecule has 1 heterocycles. The Labute approximate surface area is 355 Å². The van der Waals surface area contributed by atoms with Gasteiger partial charge in [0.2, 0.25) is 0 Å². The van der Waals surface area contributed by atoms with Crippen LogP contribution in [-0.4, -0.2) is 4.57 Å². The van der Waals surface area contributed by atoms with Gasteiger partial charge in [-0.05, 0) is 104 Å². The van der Waals surface area contributed by atoms with Crippen molar-refractivity contribution in [2.24, 2.45) is 0 Å². The summed E-state index contributed by atoms with van der Waals surface area (Å²) in [5.74, 6) is 0. The van der Waals surface area contributed by atoms with Crippen molar-refractivity contribution < 1.29 is 0 Å². The quantitative estimate of drug-likeness (QED) is 0.156. The van der Waals surface area contributed by atoms with Crippen molar-refractivity contribution in [1.82, 2.24) is 4.57 Å². The van der Waals surface area contributed by atoms with E-state index in [1.54, 1.807) is 0 Å². The molecule has 1 aliphatic carbocycles. The second-order valence-electron chi connectivity index (χ2n) is 16.0. The Kier molecular flexibility index (Phi) is 8.11. The van der Waals surface area contributed by atoms with E-state index in [-0.39, 0.29) is 0 Å². The van der Waals surface area contributed by atoms with Gasteiger partial charge in [0.25, 0.3) is 0 Å². The summed E-state index contributed by atoms with van der Waals surface area (Å²) in [5.41, 5.74) is 16.5. The molecular formula is C59H40N2. The van der Waals surface area contributed by atoms with Crippen LogP contribution in [0.5, 0.6) is 0 Å². The van der Waals surface area contributed by atoms with Crippen molar-refractivity contribution in [1.29, 1.82) is 0 Å². The summed E-state index contributed by atoms with van der Waals surface area (Å²) in [7, 11) is 0. The van der Waals surface area contributed by atoms with Crippen LogP contribution in [-0.2, 0) is 5.41 Å². The molecule has 0 N–H and O–H groups in total. The molecule has 286 valence electrons. The third-order valence-electron chi connectivity index (χ3n) is 12.8. The van der Waals surface area contributed by atoms with Crippen LogP contribution in [0.25, 0.3) is 60.5 Å². The molecule has 1 aromatic heterocycles. The van der Waals surface area contributed by atoms with Crippen molar-refractivity contribution in [3.63, 3.8) is 0 Å². The lowest BCUT2D eigenvalue weighted by Crippen LogP contribution is -2.28. The zero-order valence-electron chi connectivity index (χ0n) is 33.5. The van der Waals surface area contributed by atoms with E-state index >= 15 is 0 Å². The fourth-order valence-corrected chi connectivity index (χ4v) is 10.3. The number of aromatic nitrogens is 1. The van der Waals surface area contributed by atoms with Crippen LogP contribution in [0.1, 0.15) is 22.3 Å². The molecule has 0 radical (unpaired) electrons. The standard InChI is InChI=1S/C59H40N2/c1-5-19-41(20-6-1)53-39-42-21-13-14-28-49(42)58-57(53)52-38-37-48(40-56(52)61(58)46-26-11-4-12-27-46)60(45-24-9-3-10-25-45)47-35-33-44(34-36-47)59(43-22-7-2-8-23-43)54-31-17-15-29-50(54)51-30-16-18-32-55(51)59/h1-40H. The molecule has 0 atom stereocenters. The number of hydrogen-bond acceptors (Lipinski definition) is 1. The molecule has 2 nitrogen and oxygen atoms in total. The average molecular weight is 777 g/mol. The van der Waals surface area contributed by atoms with Gasteiger partial charge in [-0.15, -0.1) is 0 Å². The molecule has 0 spiro atoms. The van der Waals surface area contributed by atoms with E-state index in [1.807, 2.05) is 0 Å². The maximum atomic E-state index is 2.48. The number of para-hydroxylation sites is 2. The van der Waals surface area contributed by atoms with Crippen molar-refractivity contribution >= 4 is 49.6 Å². The highest BCUT2D eigenvalue weighted by molar-refractivity contribution is 6.24. The molecule has 0 saturated carbocycles. The van der Waals surface area contributed by atoms with Crippen LogP contribution < -0.4 is 4.90 Å². The summed E-state index contributed by atoms with van der Waals surface area (Å²) in [6.07, 6.45) is 0. The zero-order chi connectivity index (χ0) is 40.3. The van der Waals surface area contributed by atoms with Crippen LogP contribution >= 0.6 is 0 Å². The van der Waals surface area contributed by atoms with Gasteiger partial charge in [-0.25, -0.2) is 0 Å². The number of nitrogens with zero attached hydrogens (tertiary/aromatic N) is 2. The molecule has 11 aromatic rings. The van der Waals surface area contributed by atoms with Crippen LogP contribution in [0.15, 0.2) is 243 Å². The van der Waals surface area contributed by atoms with E-state index in [4.69, 9.17) is 0 Å². The Bertz CT molecular complexity index is 3340. The average Bonchev–Trinajstić information content (AvgIpc) is 3.84. The Morgan fingerprint density at radius 2 is 0.885 bits per heavy atom. The Morgan fingerprint density at radius 1 is 0.361 bits per heavy atom. The van der Waals surface area contributed by atoms with Crippen molar-refractivity contribution in [3.8, 4) is 27.9 Å². The summed E-state index contributed by atoms with van der Waals surface area (Å²) in [4.78, 5) is 2.40. The fourth-order valence-electron chi connectivity index (χ4n) is 10.3. The number of hydrogen-bond donors (Lipinski definition) is 0. The topological polar surface area (TPSA) is 8.17 Å². The van der Waals surface area contributed by atoms with Crippen LogP contribution in [0.3, 0.4) is 0 Å². The molecule has 0 unspecified atom stereocenters. The molecular weight excluding hydrogens is 737 g/mol. The lowest BCUT2D eigenvalue weighted by Gasteiger charge is -2.34. The fraction of sp³-hybridized carbons (Fsp3) is 0.0169. The van der Waals surface area contributed by atoms with E-state index in [1.165, 1.54) is 71.6 Å². The van der Waals surface area contributed by atoms with Gasteiger partial charge in [0.05, 0.1) is 16.4 Å². The molecule has 0 fully saturated rings. The minimum absolute atomic E-state index is 0.459. The molecule has 1 aliphatic rings. The molecule has 0 aliphatic heterocycles. The molecule has 12 rings (SSSR count). The lowest BCUT2D eigenvalue weighted by atomic mass is 9.68. The molecule has 61 heavy (non-hydrogen) atoms. The van der Waals surface area contributed by atoms with Crippen LogP contribution in [0, 0.1) is 0 Å². The van der Waals surface area contributed by atoms with Crippen molar-refractivity contribution in [3.05, 3.63) is 265 Å². The first-order valence-corrected chi connectivity index (χ1v) is 21.1. The van der Waals surface area contributed by atoms with Gasteiger partial charge in [-0.3, -0.25) is 0 Å². The minimum atomic E-state index is -0.459. The summed E-state index contributed by atoms with van der Waals surface area (Å²) >= 11 is 0. The molecule has 0 bridgehead atoms. The Hall–Kier alpha value is -7.94. The van der Waals surface area contributed by atoms with Crippen molar-refractivity contribution in [2.75, 3.05) is 4.90 Å². The minimum Gasteiger partial charge on any atom is -0.310 e. The molecule has 2 heteroatoms. The summed E-state index contributed by atoms with van der Waals surface area (Å²) < 4.78 is 2.48. The second kappa shape index (κ2) is 14.1. The lowest BCUT2D eigenvalue weighted by molar-refractivity contribution is 0.768.